The van der Waals surface area contributed by atoms with Crippen LogP contribution in [-0.4, -0.2) is 22.8 Å². The van der Waals surface area contributed by atoms with E-state index in [-0.39, 0.29) is 28.6 Å². The lowest BCUT2D eigenvalue weighted by atomic mass is 10.1. The number of hydrogen-bond acceptors (Lipinski definition) is 6. The van der Waals surface area contributed by atoms with Crippen LogP contribution < -0.4 is 15.0 Å². The van der Waals surface area contributed by atoms with Gasteiger partial charge in [0, 0.05) is 17.7 Å². The van der Waals surface area contributed by atoms with Gasteiger partial charge in [-0.25, -0.2) is 9.69 Å². The number of hydrogen-bond donors (Lipinski definition) is 1. The first-order valence-electron chi connectivity index (χ1n) is 10.7. The summed E-state index contributed by atoms with van der Waals surface area (Å²) >= 11 is 6.00. The van der Waals surface area contributed by atoms with Crippen LogP contribution in [0.5, 0.6) is 5.75 Å². The molecule has 1 N–H and O–H groups in total. The van der Waals surface area contributed by atoms with E-state index in [0.29, 0.717) is 22.6 Å². The van der Waals surface area contributed by atoms with E-state index in [1.807, 2.05) is 5.32 Å². The van der Waals surface area contributed by atoms with Crippen molar-refractivity contribution in [3.05, 3.63) is 104 Å². The summed E-state index contributed by atoms with van der Waals surface area (Å²) in [5.74, 6) is -2.09. The van der Waals surface area contributed by atoms with Gasteiger partial charge < -0.3 is 4.74 Å². The molecule has 3 aromatic carbocycles. The molecule has 3 aromatic rings. The number of halogens is 4. The van der Waals surface area contributed by atoms with Crippen LogP contribution in [-0.2, 0) is 22.4 Å². The van der Waals surface area contributed by atoms with Crippen LogP contribution in [0.3, 0.4) is 0 Å². The van der Waals surface area contributed by atoms with Gasteiger partial charge in [0.25, 0.3) is 17.5 Å². The summed E-state index contributed by atoms with van der Waals surface area (Å²) < 4.78 is 45.4. The highest BCUT2D eigenvalue weighted by molar-refractivity contribution is 6.42. The van der Waals surface area contributed by atoms with Crippen molar-refractivity contribution in [2.75, 3.05) is 4.90 Å². The van der Waals surface area contributed by atoms with E-state index in [0.717, 1.165) is 12.1 Å². The largest absolute Gasteiger partial charge is 0.488 e. The van der Waals surface area contributed by atoms with Gasteiger partial charge in [0.15, 0.2) is 0 Å². The molecule has 0 unspecified atom stereocenters. The van der Waals surface area contributed by atoms with Gasteiger partial charge in [-0.3, -0.25) is 25.0 Å². The maximum Gasteiger partial charge on any atom is 0.416 e. The Hall–Kier alpha value is -4.71. The van der Waals surface area contributed by atoms with Gasteiger partial charge in [-0.1, -0.05) is 41.9 Å². The summed E-state index contributed by atoms with van der Waals surface area (Å²) in [6, 6.07) is 12.8. The standard InChI is InChI=1S/C25H15ClF3N3O6/c26-19-9-8-16(25(27,28)29)12-20(19)31-23(34)18(22(33)30-24(31)35)11-15-5-1-2-7-21(15)38-13-14-4-3-6-17(10-14)32(36)37/h1-12H,13H2,(H,30,33,35)/b18-11-. The van der Waals surface area contributed by atoms with E-state index in [1.165, 1.54) is 30.3 Å². The molecule has 9 nitrogen and oxygen atoms in total. The molecule has 1 saturated heterocycles. The zero-order valence-corrected chi connectivity index (χ0v) is 19.7. The summed E-state index contributed by atoms with van der Waals surface area (Å²) in [6.45, 7) is -0.0908. The molecule has 1 aliphatic rings. The van der Waals surface area contributed by atoms with Crippen molar-refractivity contribution in [2.45, 2.75) is 12.8 Å². The van der Waals surface area contributed by atoms with Gasteiger partial charge in [-0.05, 0) is 35.9 Å². The number of carbonyl (C=O) groups is 3. The minimum absolute atomic E-state index is 0.0908. The molecular formula is C25H15ClF3N3O6. The molecule has 0 saturated carbocycles. The zero-order valence-electron chi connectivity index (χ0n) is 19.0. The zero-order chi connectivity index (χ0) is 27.6. The second-order valence-corrected chi connectivity index (χ2v) is 8.28. The van der Waals surface area contributed by atoms with Crippen LogP contribution >= 0.6 is 11.6 Å². The number of alkyl halides is 3. The second kappa shape index (κ2) is 10.3. The molecule has 4 amide bonds. The molecule has 0 radical (unpaired) electrons. The fraction of sp³-hybridized carbons (Fsp3) is 0.0800. The Labute approximate surface area is 217 Å². The number of urea groups is 1. The highest BCUT2D eigenvalue weighted by atomic mass is 35.5. The fourth-order valence-electron chi connectivity index (χ4n) is 3.54. The molecule has 1 aliphatic heterocycles. The maximum atomic E-state index is 13.2. The Kier molecular flexibility index (Phi) is 7.17. The van der Waals surface area contributed by atoms with Gasteiger partial charge in [0.05, 0.1) is 21.2 Å². The third-order valence-corrected chi connectivity index (χ3v) is 5.67. The van der Waals surface area contributed by atoms with Crippen LogP contribution in [0.2, 0.25) is 5.02 Å². The lowest BCUT2D eigenvalue weighted by Crippen LogP contribution is -2.54. The summed E-state index contributed by atoms with van der Waals surface area (Å²) in [7, 11) is 0. The van der Waals surface area contributed by atoms with E-state index in [9.17, 15) is 37.7 Å². The predicted molar refractivity (Wildman–Crippen MR) is 129 cm³/mol. The van der Waals surface area contributed by atoms with Crippen molar-refractivity contribution in [1.82, 2.24) is 5.32 Å². The SMILES string of the molecule is O=C1NC(=O)N(c2cc(C(F)(F)F)ccc2Cl)C(=O)/C1=C\c1ccccc1OCc1cccc([N+](=O)[O-])c1. The predicted octanol–water partition coefficient (Wildman–Crippen LogP) is 5.51. The van der Waals surface area contributed by atoms with Crippen LogP contribution in [0, 0.1) is 10.1 Å². The van der Waals surface area contributed by atoms with Crippen LogP contribution in [0.25, 0.3) is 6.08 Å². The molecule has 4 rings (SSSR count). The van der Waals surface area contributed by atoms with Gasteiger partial charge >= 0.3 is 12.2 Å². The maximum absolute atomic E-state index is 13.2. The molecule has 1 fully saturated rings. The number of non-ortho nitro benzene ring substituents is 1. The summed E-state index contributed by atoms with van der Waals surface area (Å²) in [6.07, 6.45) is -3.67. The fourth-order valence-corrected chi connectivity index (χ4v) is 3.75. The molecule has 0 spiro atoms. The Morgan fingerprint density at radius 2 is 1.76 bits per heavy atom. The number of benzene rings is 3. The van der Waals surface area contributed by atoms with E-state index in [2.05, 4.69) is 0 Å². The number of nitrogens with zero attached hydrogens (tertiary/aromatic N) is 2. The Morgan fingerprint density at radius 3 is 2.47 bits per heavy atom. The lowest BCUT2D eigenvalue weighted by Gasteiger charge is -2.27. The van der Waals surface area contributed by atoms with Crippen molar-refractivity contribution in [3.8, 4) is 5.75 Å². The molecule has 194 valence electrons. The molecule has 0 aliphatic carbocycles. The first-order valence-corrected chi connectivity index (χ1v) is 11.1. The second-order valence-electron chi connectivity index (χ2n) is 7.88. The van der Waals surface area contributed by atoms with Crippen molar-refractivity contribution in [2.24, 2.45) is 0 Å². The molecule has 13 heteroatoms. The summed E-state index contributed by atoms with van der Waals surface area (Å²) in [5.41, 5.74) is -1.71. The first-order chi connectivity index (χ1) is 18.0. The highest BCUT2D eigenvalue weighted by Gasteiger charge is 2.39. The van der Waals surface area contributed by atoms with Gasteiger partial charge in [0.2, 0.25) is 0 Å². The Morgan fingerprint density at radius 1 is 1.03 bits per heavy atom. The highest BCUT2D eigenvalue weighted by Crippen LogP contribution is 2.37. The summed E-state index contributed by atoms with van der Waals surface area (Å²) in [4.78, 5) is 49.0. The van der Waals surface area contributed by atoms with Crippen LogP contribution in [0.4, 0.5) is 29.3 Å². The third kappa shape index (κ3) is 5.49. The number of carbonyl (C=O) groups excluding carboxylic acids is 3. The van der Waals surface area contributed by atoms with E-state index < -0.39 is 45.8 Å². The lowest BCUT2D eigenvalue weighted by molar-refractivity contribution is -0.384. The monoisotopic (exact) mass is 545 g/mol. The van der Waals surface area contributed by atoms with Crippen molar-refractivity contribution >= 4 is 46.9 Å². The minimum Gasteiger partial charge on any atom is -0.488 e. The Bertz CT molecular complexity index is 1510. The van der Waals surface area contributed by atoms with E-state index in [1.54, 1.807) is 18.2 Å². The van der Waals surface area contributed by atoms with Crippen LogP contribution in [0.15, 0.2) is 72.3 Å². The molecule has 0 aromatic heterocycles. The number of ether oxygens (including phenoxy) is 1. The first kappa shape index (κ1) is 26.4. The van der Waals surface area contributed by atoms with E-state index >= 15 is 0 Å². The molecular weight excluding hydrogens is 531 g/mol. The number of nitrogens with one attached hydrogen (secondary N) is 1. The number of para-hydroxylation sites is 1. The molecule has 0 atom stereocenters. The number of amides is 4. The topological polar surface area (TPSA) is 119 Å². The quantitative estimate of drug-likeness (QED) is 0.189. The number of anilines is 1. The minimum atomic E-state index is -4.78. The number of barbiturate groups is 1. The average molecular weight is 546 g/mol. The van der Waals surface area contributed by atoms with E-state index in [4.69, 9.17) is 16.3 Å². The van der Waals surface area contributed by atoms with Gasteiger partial charge in [-0.2, -0.15) is 13.2 Å². The van der Waals surface area contributed by atoms with Gasteiger partial charge in [-0.15, -0.1) is 0 Å². The number of imide groups is 2. The third-order valence-electron chi connectivity index (χ3n) is 5.35. The summed E-state index contributed by atoms with van der Waals surface area (Å²) in [5, 5.41) is 12.6. The smallest absolute Gasteiger partial charge is 0.416 e. The van der Waals surface area contributed by atoms with Crippen LogP contribution in [0.1, 0.15) is 16.7 Å². The number of nitro benzene ring substituents is 1. The van der Waals surface area contributed by atoms with Crippen molar-refractivity contribution < 1.29 is 37.2 Å². The number of nitro groups is 1. The van der Waals surface area contributed by atoms with Crippen molar-refractivity contribution in [1.29, 1.82) is 0 Å². The average Bonchev–Trinajstić information content (AvgIpc) is 2.86. The molecule has 38 heavy (non-hydrogen) atoms. The Balaban J connectivity index is 1.67. The molecule has 1 heterocycles. The number of rotatable bonds is 6. The normalized spacial score (nSPS) is 15.0. The van der Waals surface area contributed by atoms with Gasteiger partial charge in [0.1, 0.15) is 17.9 Å². The molecule has 0 bridgehead atoms. The van der Waals surface area contributed by atoms with Crippen molar-refractivity contribution in [3.63, 3.8) is 0 Å².